The van der Waals surface area contributed by atoms with Crippen molar-refractivity contribution in [1.29, 1.82) is 0 Å². The number of hydrogen-bond acceptors (Lipinski definition) is 2. The standard InChI is InChI=1S/C17H24N2O2/c1-11-5-6-14(4)15(8-11)18-16(20)17(21)19-9-12(2)7-13(3)10-19/h5-6,8,12-13H,7,9-10H2,1-4H3,(H,18,20). The van der Waals surface area contributed by atoms with E-state index in [2.05, 4.69) is 19.2 Å². The third kappa shape index (κ3) is 3.84. The number of nitrogens with zero attached hydrogens (tertiary/aromatic N) is 1. The van der Waals surface area contributed by atoms with Gasteiger partial charge in [0.25, 0.3) is 0 Å². The predicted molar refractivity (Wildman–Crippen MR) is 84.1 cm³/mol. The van der Waals surface area contributed by atoms with E-state index in [9.17, 15) is 9.59 Å². The molecular formula is C17H24N2O2. The first-order chi connectivity index (χ1) is 9.86. The number of likely N-dealkylation sites (tertiary alicyclic amines) is 1. The highest BCUT2D eigenvalue weighted by atomic mass is 16.2. The molecule has 4 nitrogen and oxygen atoms in total. The van der Waals surface area contributed by atoms with Crippen LogP contribution < -0.4 is 5.32 Å². The van der Waals surface area contributed by atoms with Crippen LogP contribution in [0.3, 0.4) is 0 Å². The van der Waals surface area contributed by atoms with Gasteiger partial charge in [-0.05, 0) is 49.3 Å². The van der Waals surface area contributed by atoms with Gasteiger partial charge in [-0.1, -0.05) is 26.0 Å². The molecule has 1 fully saturated rings. The number of nitrogens with one attached hydrogen (secondary N) is 1. The van der Waals surface area contributed by atoms with E-state index < -0.39 is 11.8 Å². The highest BCUT2D eigenvalue weighted by molar-refractivity contribution is 6.39. The first-order valence-electron chi connectivity index (χ1n) is 7.54. The van der Waals surface area contributed by atoms with E-state index in [1.807, 2.05) is 32.0 Å². The second kappa shape index (κ2) is 6.29. The number of aryl methyl sites for hydroxylation is 2. The number of hydrogen-bond donors (Lipinski definition) is 1. The van der Waals surface area contributed by atoms with Crippen molar-refractivity contribution in [2.45, 2.75) is 34.1 Å². The molecule has 0 aromatic heterocycles. The van der Waals surface area contributed by atoms with Crippen molar-refractivity contribution < 1.29 is 9.59 Å². The van der Waals surface area contributed by atoms with E-state index in [-0.39, 0.29) is 0 Å². The molecule has 2 atom stereocenters. The van der Waals surface area contributed by atoms with E-state index in [0.717, 1.165) is 17.5 Å². The monoisotopic (exact) mass is 288 g/mol. The van der Waals surface area contributed by atoms with Crippen LogP contribution in [-0.4, -0.2) is 29.8 Å². The van der Waals surface area contributed by atoms with Gasteiger partial charge in [0.1, 0.15) is 0 Å². The summed E-state index contributed by atoms with van der Waals surface area (Å²) in [5.74, 6) is -0.0586. The van der Waals surface area contributed by atoms with Crippen LogP contribution in [0.4, 0.5) is 5.69 Å². The smallest absolute Gasteiger partial charge is 0.313 e. The Kier molecular flexibility index (Phi) is 4.66. The van der Waals surface area contributed by atoms with Crippen LogP contribution in [0.2, 0.25) is 0 Å². The summed E-state index contributed by atoms with van der Waals surface area (Å²) in [5.41, 5.74) is 2.73. The Balaban J connectivity index is 2.06. The molecule has 1 aromatic carbocycles. The summed E-state index contributed by atoms with van der Waals surface area (Å²) >= 11 is 0. The lowest BCUT2D eigenvalue weighted by atomic mass is 9.92. The summed E-state index contributed by atoms with van der Waals surface area (Å²) in [6.45, 7) is 9.47. The minimum Gasteiger partial charge on any atom is -0.334 e. The third-order valence-corrected chi connectivity index (χ3v) is 3.99. The van der Waals surface area contributed by atoms with Crippen LogP contribution >= 0.6 is 0 Å². The molecule has 4 heteroatoms. The number of benzene rings is 1. The van der Waals surface area contributed by atoms with Gasteiger partial charge in [0.2, 0.25) is 0 Å². The Bertz CT molecular complexity index is 544. The van der Waals surface area contributed by atoms with Gasteiger partial charge < -0.3 is 10.2 Å². The topological polar surface area (TPSA) is 49.4 Å². The zero-order valence-corrected chi connectivity index (χ0v) is 13.3. The van der Waals surface area contributed by atoms with E-state index in [0.29, 0.717) is 30.6 Å². The van der Waals surface area contributed by atoms with Gasteiger partial charge in [0.05, 0.1) is 0 Å². The van der Waals surface area contributed by atoms with Gasteiger partial charge in [-0.15, -0.1) is 0 Å². The van der Waals surface area contributed by atoms with Crippen molar-refractivity contribution in [3.8, 4) is 0 Å². The maximum atomic E-state index is 12.3. The van der Waals surface area contributed by atoms with Gasteiger partial charge in [-0.25, -0.2) is 0 Å². The van der Waals surface area contributed by atoms with E-state index in [1.165, 1.54) is 0 Å². The molecule has 21 heavy (non-hydrogen) atoms. The number of carbonyl (C=O) groups excluding carboxylic acids is 2. The summed E-state index contributed by atoms with van der Waals surface area (Å²) in [4.78, 5) is 26.2. The molecule has 0 saturated carbocycles. The molecule has 1 aromatic rings. The average molecular weight is 288 g/mol. The maximum Gasteiger partial charge on any atom is 0.313 e. The minimum absolute atomic E-state index is 0.422. The van der Waals surface area contributed by atoms with E-state index >= 15 is 0 Å². The van der Waals surface area contributed by atoms with Gasteiger partial charge in [0.15, 0.2) is 0 Å². The lowest BCUT2D eigenvalue weighted by Crippen LogP contribution is -2.47. The molecule has 1 N–H and O–H groups in total. The van der Waals surface area contributed by atoms with Crippen molar-refractivity contribution >= 4 is 17.5 Å². The zero-order valence-electron chi connectivity index (χ0n) is 13.3. The molecule has 0 bridgehead atoms. The minimum atomic E-state index is -0.537. The fourth-order valence-corrected chi connectivity index (χ4v) is 3.02. The third-order valence-electron chi connectivity index (χ3n) is 3.99. The number of rotatable bonds is 1. The highest BCUT2D eigenvalue weighted by Gasteiger charge is 2.29. The van der Waals surface area contributed by atoms with Crippen molar-refractivity contribution in [3.63, 3.8) is 0 Å². The second-order valence-electron chi connectivity index (χ2n) is 6.43. The normalized spacial score (nSPS) is 22.0. The first-order valence-corrected chi connectivity index (χ1v) is 7.54. The molecule has 2 rings (SSSR count). The number of carbonyl (C=O) groups is 2. The molecule has 0 radical (unpaired) electrons. The SMILES string of the molecule is Cc1ccc(C)c(NC(=O)C(=O)N2CC(C)CC(C)C2)c1. The Morgan fingerprint density at radius 1 is 1.14 bits per heavy atom. The fraction of sp³-hybridized carbons (Fsp3) is 0.529. The summed E-state index contributed by atoms with van der Waals surface area (Å²) in [7, 11) is 0. The lowest BCUT2D eigenvalue weighted by molar-refractivity contribution is -0.144. The van der Waals surface area contributed by atoms with E-state index in [1.54, 1.807) is 4.90 Å². The second-order valence-corrected chi connectivity index (χ2v) is 6.43. The van der Waals surface area contributed by atoms with Crippen LogP contribution in [0.15, 0.2) is 18.2 Å². The Morgan fingerprint density at radius 2 is 1.76 bits per heavy atom. The van der Waals surface area contributed by atoms with Crippen molar-refractivity contribution in [2.75, 3.05) is 18.4 Å². The Hall–Kier alpha value is -1.84. The van der Waals surface area contributed by atoms with Crippen molar-refractivity contribution in [2.24, 2.45) is 11.8 Å². The Labute approximate surface area is 126 Å². The van der Waals surface area contributed by atoms with Gasteiger partial charge >= 0.3 is 11.8 Å². The number of amides is 2. The van der Waals surface area contributed by atoms with Gasteiger partial charge in [-0.3, -0.25) is 9.59 Å². The zero-order chi connectivity index (χ0) is 15.6. The summed E-state index contributed by atoms with van der Waals surface area (Å²) in [5, 5.41) is 2.75. The Morgan fingerprint density at radius 3 is 2.38 bits per heavy atom. The lowest BCUT2D eigenvalue weighted by Gasteiger charge is -2.34. The maximum absolute atomic E-state index is 12.3. The summed E-state index contributed by atoms with van der Waals surface area (Å²) < 4.78 is 0. The molecule has 2 unspecified atom stereocenters. The average Bonchev–Trinajstić information content (AvgIpc) is 2.41. The van der Waals surface area contributed by atoms with Crippen molar-refractivity contribution in [3.05, 3.63) is 29.3 Å². The van der Waals surface area contributed by atoms with Crippen LogP contribution in [-0.2, 0) is 9.59 Å². The molecule has 114 valence electrons. The first kappa shape index (κ1) is 15.5. The van der Waals surface area contributed by atoms with Crippen LogP contribution in [0.5, 0.6) is 0 Å². The van der Waals surface area contributed by atoms with Crippen LogP contribution in [0, 0.1) is 25.7 Å². The quantitative estimate of drug-likeness (QED) is 0.808. The highest BCUT2D eigenvalue weighted by Crippen LogP contribution is 2.21. The molecule has 2 amide bonds. The van der Waals surface area contributed by atoms with E-state index in [4.69, 9.17) is 0 Å². The number of piperidine rings is 1. The molecular weight excluding hydrogens is 264 g/mol. The number of anilines is 1. The molecule has 1 aliphatic rings. The van der Waals surface area contributed by atoms with Gasteiger partial charge in [-0.2, -0.15) is 0 Å². The van der Waals surface area contributed by atoms with Crippen molar-refractivity contribution in [1.82, 2.24) is 4.90 Å². The fourth-order valence-electron chi connectivity index (χ4n) is 3.02. The largest absolute Gasteiger partial charge is 0.334 e. The molecule has 0 spiro atoms. The molecule has 1 aliphatic heterocycles. The van der Waals surface area contributed by atoms with Gasteiger partial charge in [0, 0.05) is 18.8 Å². The van der Waals surface area contributed by atoms with Crippen LogP contribution in [0.25, 0.3) is 0 Å². The molecule has 1 heterocycles. The predicted octanol–water partition coefficient (Wildman–Crippen LogP) is 2.75. The molecule has 0 aliphatic carbocycles. The summed E-state index contributed by atoms with van der Waals surface area (Å²) in [6, 6.07) is 5.82. The molecule has 1 saturated heterocycles. The van der Waals surface area contributed by atoms with Crippen LogP contribution in [0.1, 0.15) is 31.4 Å². The summed E-state index contributed by atoms with van der Waals surface area (Å²) in [6.07, 6.45) is 1.11.